The lowest BCUT2D eigenvalue weighted by Crippen LogP contribution is -2.25. The minimum atomic E-state index is -0.641. The van der Waals surface area contributed by atoms with Crippen molar-refractivity contribution in [1.82, 2.24) is 5.32 Å². The number of halogens is 2. The summed E-state index contributed by atoms with van der Waals surface area (Å²) in [6.45, 7) is 0.947. The number of nitrogens with one attached hydrogen (secondary N) is 1. The predicted octanol–water partition coefficient (Wildman–Crippen LogP) is 2.22. The van der Waals surface area contributed by atoms with E-state index in [9.17, 15) is 13.6 Å². The van der Waals surface area contributed by atoms with E-state index in [1.807, 2.05) is 0 Å². The molecule has 1 atom stereocenters. The van der Waals surface area contributed by atoms with Gasteiger partial charge in [0.25, 0.3) is 0 Å². The van der Waals surface area contributed by atoms with Crippen molar-refractivity contribution in [3.05, 3.63) is 35.4 Å². The maximum absolute atomic E-state index is 13.3. The Labute approximate surface area is 99.0 Å². The summed E-state index contributed by atoms with van der Waals surface area (Å²) < 4.78 is 26.0. The van der Waals surface area contributed by atoms with Gasteiger partial charge in [0.15, 0.2) is 0 Å². The Kier molecular flexibility index (Phi) is 3.84. The van der Waals surface area contributed by atoms with Crippen LogP contribution in [0.1, 0.15) is 24.8 Å². The summed E-state index contributed by atoms with van der Waals surface area (Å²) in [5, 5.41) is 3.22. The first-order chi connectivity index (χ1) is 8.15. The monoisotopic (exact) mass is 239 g/mol. The largest absolute Gasteiger partial charge is 0.314 e. The molecule has 1 saturated heterocycles. The summed E-state index contributed by atoms with van der Waals surface area (Å²) in [4.78, 5) is 11.7. The summed E-state index contributed by atoms with van der Waals surface area (Å²) >= 11 is 0. The van der Waals surface area contributed by atoms with Crippen molar-refractivity contribution in [2.24, 2.45) is 0 Å². The molecule has 1 aliphatic rings. The molecule has 1 N–H and O–H groups in total. The first-order valence-corrected chi connectivity index (χ1v) is 5.84. The average Bonchev–Trinajstić information content (AvgIpc) is 2.75. The Bertz CT molecular complexity index is 414. The highest BCUT2D eigenvalue weighted by molar-refractivity contribution is 5.81. The molecular formula is C13H15F2NO. The van der Waals surface area contributed by atoms with Gasteiger partial charge in [-0.3, -0.25) is 4.79 Å². The van der Waals surface area contributed by atoms with Gasteiger partial charge in [-0.2, -0.15) is 0 Å². The van der Waals surface area contributed by atoms with Crippen LogP contribution in [0.4, 0.5) is 8.78 Å². The molecule has 0 bridgehead atoms. The molecule has 0 aliphatic carbocycles. The molecule has 2 rings (SSSR count). The van der Waals surface area contributed by atoms with Crippen molar-refractivity contribution < 1.29 is 13.6 Å². The number of Topliss-reactive ketones (excluding diaryl/α,β-unsaturated/α-hetero) is 1. The van der Waals surface area contributed by atoms with Gasteiger partial charge in [-0.25, -0.2) is 8.78 Å². The third kappa shape index (κ3) is 3.33. The molecule has 1 aromatic carbocycles. The molecule has 0 aromatic heterocycles. The molecule has 0 spiro atoms. The van der Waals surface area contributed by atoms with Crippen LogP contribution in [0.2, 0.25) is 0 Å². The smallest absolute Gasteiger partial charge is 0.138 e. The molecule has 0 amide bonds. The second-order valence-electron chi connectivity index (χ2n) is 4.45. The Balaban J connectivity index is 1.93. The number of ketones is 1. The van der Waals surface area contributed by atoms with E-state index in [2.05, 4.69) is 5.32 Å². The summed E-state index contributed by atoms with van der Waals surface area (Å²) in [5.74, 6) is -1.26. The summed E-state index contributed by atoms with van der Waals surface area (Å²) in [5.41, 5.74) is 0.273. The van der Waals surface area contributed by atoms with Crippen LogP contribution in [0.15, 0.2) is 18.2 Å². The van der Waals surface area contributed by atoms with E-state index in [1.165, 1.54) is 12.1 Å². The Morgan fingerprint density at radius 2 is 2.24 bits per heavy atom. The van der Waals surface area contributed by atoms with Gasteiger partial charge in [-0.1, -0.05) is 6.07 Å². The molecule has 17 heavy (non-hydrogen) atoms. The topological polar surface area (TPSA) is 29.1 Å². The van der Waals surface area contributed by atoms with Gasteiger partial charge < -0.3 is 5.32 Å². The Morgan fingerprint density at radius 1 is 1.41 bits per heavy atom. The van der Waals surface area contributed by atoms with E-state index in [4.69, 9.17) is 0 Å². The second kappa shape index (κ2) is 5.36. The average molecular weight is 239 g/mol. The van der Waals surface area contributed by atoms with Crippen LogP contribution in [0.25, 0.3) is 0 Å². The number of benzene rings is 1. The number of carbonyl (C=O) groups excluding carboxylic acids is 1. The maximum atomic E-state index is 13.3. The Morgan fingerprint density at radius 3 is 2.88 bits per heavy atom. The molecular weight excluding hydrogens is 224 g/mol. The molecule has 1 aromatic rings. The highest BCUT2D eigenvalue weighted by Gasteiger charge is 2.18. The minimum Gasteiger partial charge on any atom is -0.314 e. The van der Waals surface area contributed by atoms with Gasteiger partial charge in [0, 0.05) is 24.9 Å². The van der Waals surface area contributed by atoms with E-state index in [0.717, 1.165) is 25.5 Å². The van der Waals surface area contributed by atoms with Crippen LogP contribution in [0.5, 0.6) is 0 Å². The van der Waals surface area contributed by atoms with Gasteiger partial charge in [-0.15, -0.1) is 0 Å². The fourth-order valence-corrected chi connectivity index (χ4v) is 2.16. The molecule has 1 heterocycles. The lowest BCUT2D eigenvalue weighted by molar-refractivity contribution is -0.118. The Hall–Kier alpha value is -1.29. The molecule has 1 aliphatic heterocycles. The molecule has 0 saturated carbocycles. The van der Waals surface area contributed by atoms with Crippen molar-refractivity contribution >= 4 is 5.78 Å². The SMILES string of the molecule is O=C(Cc1ccc(F)cc1F)CC1CCCN1. The zero-order valence-corrected chi connectivity index (χ0v) is 9.51. The minimum absolute atomic E-state index is 0.00471. The van der Waals surface area contributed by atoms with Crippen LogP contribution in [0, 0.1) is 11.6 Å². The first kappa shape index (κ1) is 12.2. The van der Waals surface area contributed by atoms with Crippen LogP contribution >= 0.6 is 0 Å². The standard InChI is InChI=1S/C13H15F2NO/c14-10-4-3-9(13(15)7-10)6-12(17)8-11-2-1-5-16-11/h3-4,7,11,16H,1-2,5-6,8H2. The molecule has 2 nitrogen and oxygen atoms in total. The van der Waals surface area contributed by atoms with E-state index in [1.54, 1.807) is 0 Å². The zero-order valence-electron chi connectivity index (χ0n) is 9.51. The van der Waals surface area contributed by atoms with Crippen molar-refractivity contribution in [3.63, 3.8) is 0 Å². The van der Waals surface area contributed by atoms with Gasteiger partial charge in [0.05, 0.1) is 0 Å². The number of rotatable bonds is 4. The fraction of sp³-hybridized carbons (Fsp3) is 0.462. The number of hydrogen-bond donors (Lipinski definition) is 1. The maximum Gasteiger partial charge on any atom is 0.138 e. The quantitative estimate of drug-likeness (QED) is 0.872. The summed E-state index contributed by atoms with van der Waals surface area (Å²) in [6, 6.07) is 3.56. The van der Waals surface area contributed by atoms with Crippen LogP contribution < -0.4 is 5.32 Å². The van der Waals surface area contributed by atoms with Crippen molar-refractivity contribution in [1.29, 1.82) is 0 Å². The highest BCUT2D eigenvalue weighted by Crippen LogP contribution is 2.14. The summed E-state index contributed by atoms with van der Waals surface area (Å²) in [6.07, 6.45) is 2.56. The second-order valence-corrected chi connectivity index (χ2v) is 4.45. The van der Waals surface area contributed by atoms with Crippen LogP contribution in [-0.2, 0) is 11.2 Å². The third-order valence-corrected chi connectivity index (χ3v) is 3.04. The third-order valence-electron chi connectivity index (χ3n) is 3.04. The van der Waals surface area contributed by atoms with E-state index in [-0.39, 0.29) is 23.8 Å². The predicted molar refractivity (Wildman–Crippen MR) is 60.7 cm³/mol. The number of carbonyl (C=O) groups is 1. The van der Waals surface area contributed by atoms with Crippen molar-refractivity contribution in [2.75, 3.05) is 6.54 Å². The van der Waals surface area contributed by atoms with Gasteiger partial charge in [-0.05, 0) is 31.0 Å². The first-order valence-electron chi connectivity index (χ1n) is 5.84. The van der Waals surface area contributed by atoms with E-state index < -0.39 is 11.6 Å². The normalized spacial score (nSPS) is 19.5. The summed E-state index contributed by atoms with van der Waals surface area (Å²) in [7, 11) is 0. The lowest BCUT2D eigenvalue weighted by atomic mass is 10.0. The van der Waals surface area contributed by atoms with Crippen molar-refractivity contribution in [3.8, 4) is 0 Å². The van der Waals surface area contributed by atoms with Crippen LogP contribution in [-0.4, -0.2) is 18.4 Å². The zero-order chi connectivity index (χ0) is 12.3. The van der Waals surface area contributed by atoms with Gasteiger partial charge >= 0.3 is 0 Å². The van der Waals surface area contributed by atoms with Gasteiger partial charge in [0.2, 0.25) is 0 Å². The van der Waals surface area contributed by atoms with Gasteiger partial charge in [0.1, 0.15) is 17.4 Å². The van der Waals surface area contributed by atoms with Crippen LogP contribution in [0.3, 0.4) is 0 Å². The molecule has 1 fully saturated rings. The van der Waals surface area contributed by atoms with Crippen molar-refractivity contribution in [2.45, 2.75) is 31.7 Å². The molecule has 1 unspecified atom stereocenters. The highest BCUT2D eigenvalue weighted by atomic mass is 19.1. The lowest BCUT2D eigenvalue weighted by Gasteiger charge is -2.09. The molecule has 92 valence electrons. The van der Waals surface area contributed by atoms with E-state index in [0.29, 0.717) is 6.42 Å². The number of hydrogen-bond acceptors (Lipinski definition) is 2. The fourth-order valence-electron chi connectivity index (χ4n) is 2.16. The molecule has 4 heteroatoms. The molecule has 0 radical (unpaired) electrons. The van der Waals surface area contributed by atoms with E-state index >= 15 is 0 Å².